The van der Waals surface area contributed by atoms with Crippen molar-refractivity contribution in [2.75, 3.05) is 26.3 Å². The van der Waals surface area contributed by atoms with Crippen molar-refractivity contribution in [2.45, 2.75) is 76.6 Å². The Morgan fingerprint density at radius 1 is 1.14 bits per heavy atom. The van der Waals surface area contributed by atoms with Crippen molar-refractivity contribution in [2.24, 2.45) is 0 Å². The van der Waals surface area contributed by atoms with Crippen LogP contribution in [0.5, 0.6) is 5.75 Å². The third-order valence-electron chi connectivity index (χ3n) is 7.11. The maximum absolute atomic E-state index is 13.4. The number of halogens is 2. The number of carbonyl (C=O) groups is 1. The fraction of sp³-hybridized carbons (Fsp3) is 0.552. The number of nitrogens with zero attached hydrogens (tertiary/aromatic N) is 1. The Morgan fingerprint density at radius 2 is 2.00 bits per heavy atom. The van der Waals surface area contributed by atoms with Crippen LogP contribution in [-0.2, 0) is 26.1 Å². The monoisotopic (exact) mass is 533 g/mol. The molecule has 7 heteroatoms. The minimum Gasteiger partial charge on any atom is -0.491 e. The van der Waals surface area contributed by atoms with E-state index in [4.69, 9.17) is 37.4 Å². The van der Waals surface area contributed by atoms with Gasteiger partial charge in [-0.05, 0) is 87.8 Å². The molecule has 0 bridgehead atoms. The Hall–Kier alpha value is -1.79. The van der Waals surface area contributed by atoms with Crippen molar-refractivity contribution in [3.63, 3.8) is 0 Å². The number of hydrogen-bond acceptors (Lipinski definition) is 4. The minimum atomic E-state index is -0.251. The van der Waals surface area contributed by atoms with Crippen LogP contribution in [0.3, 0.4) is 0 Å². The largest absolute Gasteiger partial charge is 0.491 e. The summed E-state index contributed by atoms with van der Waals surface area (Å²) in [5.41, 5.74) is 1.82. The van der Waals surface area contributed by atoms with Gasteiger partial charge >= 0.3 is 0 Å². The molecule has 1 amide bonds. The molecular weight excluding hydrogens is 497 g/mol. The second kappa shape index (κ2) is 12.6. The molecule has 0 aliphatic carbocycles. The normalized spacial score (nSPS) is 22.6. The van der Waals surface area contributed by atoms with Crippen LogP contribution in [0.2, 0.25) is 10.0 Å². The van der Waals surface area contributed by atoms with Gasteiger partial charge in [-0.3, -0.25) is 4.79 Å². The summed E-state index contributed by atoms with van der Waals surface area (Å²) in [5.74, 6) is 0.915. The third kappa shape index (κ3) is 7.16. The lowest BCUT2D eigenvalue weighted by Gasteiger charge is -2.44. The summed E-state index contributed by atoms with van der Waals surface area (Å²) < 4.78 is 17.7. The third-order valence-corrected chi connectivity index (χ3v) is 7.85. The summed E-state index contributed by atoms with van der Waals surface area (Å²) in [6, 6.07) is 13.7. The van der Waals surface area contributed by atoms with Crippen molar-refractivity contribution in [3.8, 4) is 5.75 Å². The van der Waals surface area contributed by atoms with Gasteiger partial charge in [-0.1, -0.05) is 41.4 Å². The molecule has 0 spiro atoms. The number of benzene rings is 2. The molecule has 36 heavy (non-hydrogen) atoms. The predicted octanol–water partition coefficient (Wildman–Crippen LogP) is 6.82. The first-order valence-electron chi connectivity index (χ1n) is 13.1. The summed E-state index contributed by atoms with van der Waals surface area (Å²) in [4.78, 5) is 15.4. The predicted molar refractivity (Wildman–Crippen MR) is 144 cm³/mol. The van der Waals surface area contributed by atoms with Gasteiger partial charge in [0.15, 0.2) is 6.29 Å². The summed E-state index contributed by atoms with van der Waals surface area (Å²) in [7, 11) is 0. The average Bonchev–Trinajstić information content (AvgIpc) is 2.86. The zero-order chi connectivity index (χ0) is 25.5. The Labute approximate surface area is 225 Å². The standard InChI is InChI=1S/C29H37Cl2NO4/c1-21(2)36-24-8-5-7-22(17-24)18-27(33)32-14-6-12-29(20-32,23-10-11-25(30)26(31)19-23)13-16-35-28-9-3-4-15-34-28/h5,7-8,10-11,17,19,21,28H,3-4,6,9,12-16,18,20H2,1-2H3. The molecule has 2 aromatic rings. The maximum Gasteiger partial charge on any atom is 0.227 e. The molecule has 196 valence electrons. The average molecular weight is 535 g/mol. The van der Waals surface area contributed by atoms with Crippen molar-refractivity contribution < 1.29 is 19.0 Å². The highest BCUT2D eigenvalue weighted by molar-refractivity contribution is 6.42. The lowest BCUT2D eigenvalue weighted by Crippen LogP contribution is -2.49. The van der Waals surface area contributed by atoms with Crippen LogP contribution in [-0.4, -0.2) is 49.5 Å². The Morgan fingerprint density at radius 3 is 2.75 bits per heavy atom. The fourth-order valence-electron chi connectivity index (χ4n) is 5.27. The van der Waals surface area contributed by atoms with E-state index in [1.165, 1.54) is 0 Å². The van der Waals surface area contributed by atoms with Crippen LogP contribution < -0.4 is 4.74 Å². The smallest absolute Gasteiger partial charge is 0.227 e. The molecule has 2 saturated heterocycles. The van der Waals surface area contributed by atoms with Crippen LogP contribution >= 0.6 is 23.2 Å². The quantitative estimate of drug-likeness (QED) is 0.354. The second-order valence-corrected chi connectivity index (χ2v) is 11.1. The first-order valence-corrected chi connectivity index (χ1v) is 13.8. The van der Waals surface area contributed by atoms with Crippen LogP contribution in [0.15, 0.2) is 42.5 Å². The van der Waals surface area contributed by atoms with Gasteiger partial charge in [-0.25, -0.2) is 0 Å². The van der Waals surface area contributed by atoms with Gasteiger partial charge in [0.25, 0.3) is 0 Å². The van der Waals surface area contributed by atoms with Crippen molar-refractivity contribution in [1.29, 1.82) is 0 Å². The fourth-order valence-corrected chi connectivity index (χ4v) is 5.57. The van der Waals surface area contributed by atoms with E-state index in [9.17, 15) is 4.79 Å². The topological polar surface area (TPSA) is 48.0 Å². The highest BCUT2D eigenvalue weighted by atomic mass is 35.5. The second-order valence-electron chi connectivity index (χ2n) is 10.2. The molecule has 5 nitrogen and oxygen atoms in total. The number of piperidine rings is 1. The molecule has 4 rings (SSSR count). The molecule has 0 saturated carbocycles. The number of amides is 1. The van der Waals surface area contributed by atoms with Gasteiger partial charge in [0.2, 0.25) is 5.91 Å². The van der Waals surface area contributed by atoms with Gasteiger partial charge in [0.05, 0.1) is 29.2 Å². The summed E-state index contributed by atoms with van der Waals surface area (Å²) in [6.45, 7) is 6.70. The highest BCUT2D eigenvalue weighted by Crippen LogP contribution is 2.40. The molecule has 2 aromatic carbocycles. The summed E-state index contributed by atoms with van der Waals surface area (Å²) in [5, 5.41) is 1.07. The number of likely N-dealkylation sites (tertiary alicyclic amines) is 1. The zero-order valence-corrected chi connectivity index (χ0v) is 22.8. The van der Waals surface area contributed by atoms with E-state index < -0.39 is 0 Å². The molecule has 0 aromatic heterocycles. The van der Waals surface area contributed by atoms with Crippen LogP contribution in [0.25, 0.3) is 0 Å². The molecular formula is C29H37Cl2NO4. The van der Waals surface area contributed by atoms with Gasteiger partial charge in [-0.15, -0.1) is 0 Å². The lowest BCUT2D eigenvalue weighted by molar-refractivity contribution is -0.165. The number of rotatable bonds is 9. The van der Waals surface area contributed by atoms with Crippen LogP contribution in [0.1, 0.15) is 63.5 Å². The van der Waals surface area contributed by atoms with E-state index in [1.54, 1.807) is 0 Å². The molecule has 2 atom stereocenters. The molecule has 2 aliphatic heterocycles. The highest BCUT2D eigenvalue weighted by Gasteiger charge is 2.39. The molecule has 0 N–H and O–H groups in total. The SMILES string of the molecule is CC(C)Oc1cccc(CC(=O)N2CCCC(CCOC3CCCCO3)(c3ccc(Cl)c(Cl)c3)C2)c1. The Balaban J connectivity index is 1.49. The van der Waals surface area contributed by atoms with Crippen molar-refractivity contribution in [3.05, 3.63) is 63.6 Å². The molecule has 2 heterocycles. The van der Waals surface area contributed by atoms with Gasteiger partial charge < -0.3 is 19.1 Å². The van der Waals surface area contributed by atoms with E-state index >= 15 is 0 Å². The first-order chi connectivity index (χ1) is 17.3. The first kappa shape index (κ1) is 27.3. The Kier molecular flexibility index (Phi) is 9.57. The van der Waals surface area contributed by atoms with E-state index in [2.05, 4.69) is 0 Å². The molecule has 2 unspecified atom stereocenters. The number of carbonyl (C=O) groups excluding carboxylic acids is 1. The summed E-state index contributed by atoms with van der Waals surface area (Å²) in [6.07, 6.45) is 6.13. The van der Waals surface area contributed by atoms with E-state index in [0.29, 0.717) is 29.6 Å². The van der Waals surface area contributed by atoms with Gasteiger partial charge in [0.1, 0.15) is 5.75 Å². The Bertz CT molecular complexity index is 1020. The molecule has 0 radical (unpaired) electrons. The van der Waals surface area contributed by atoms with Crippen molar-refractivity contribution >= 4 is 29.1 Å². The zero-order valence-electron chi connectivity index (χ0n) is 21.3. The van der Waals surface area contributed by atoms with E-state index in [1.807, 2.05) is 61.2 Å². The van der Waals surface area contributed by atoms with E-state index in [-0.39, 0.29) is 23.7 Å². The van der Waals surface area contributed by atoms with Gasteiger partial charge in [-0.2, -0.15) is 0 Å². The van der Waals surface area contributed by atoms with E-state index in [0.717, 1.165) is 68.6 Å². The molecule has 2 aliphatic rings. The maximum atomic E-state index is 13.4. The van der Waals surface area contributed by atoms with Gasteiger partial charge in [0, 0.05) is 25.1 Å². The summed E-state index contributed by atoms with van der Waals surface area (Å²) >= 11 is 12.7. The lowest BCUT2D eigenvalue weighted by atomic mass is 9.71. The minimum absolute atomic E-state index is 0.0890. The number of ether oxygens (including phenoxy) is 3. The molecule has 2 fully saturated rings. The van der Waals surface area contributed by atoms with Crippen LogP contribution in [0, 0.1) is 0 Å². The van der Waals surface area contributed by atoms with Crippen molar-refractivity contribution in [1.82, 2.24) is 4.90 Å². The number of hydrogen-bond donors (Lipinski definition) is 0. The van der Waals surface area contributed by atoms with Crippen LogP contribution in [0.4, 0.5) is 0 Å².